The lowest BCUT2D eigenvalue weighted by Gasteiger charge is -2.41. The van der Waals surface area contributed by atoms with E-state index in [1.807, 2.05) is 42.5 Å². The highest BCUT2D eigenvalue weighted by molar-refractivity contribution is 5.96. The zero-order chi connectivity index (χ0) is 28.2. The molecule has 0 radical (unpaired) electrons. The molecule has 40 heavy (non-hydrogen) atoms. The smallest absolute Gasteiger partial charge is 0.247 e. The molecule has 2 aliphatic carbocycles. The van der Waals surface area contributed by atoms with Crippen LogP contribution in [0.1, 0.15) is 42.7 Å². The summed E-state index contributed by atoms with van der Waals surface area (Å²) >= 11 is 0. The molecule has 0 bridgehead atoms. The number of amides is 2. The first kappa shape index (κ1) is 28.0. The lowest BCUT2D eigenvalue weighted by molar-refractivity contribution is -0.141. The average Bonchev–Trinajstić information content (AvgIpc) is 3.66. The zero-order valence-electron chi connectivity index (χ0n) is 23.0. The third kappa shape index (κ3) is 5.40. The Balaban J connectivity index is 1.52. The first-order chi connectivity index (χ1) is 19.5. The van der Waals surface area contributed by atoms with Gasteiger partial charge in [0.25, 0.3) is 0 Å². The van der Waals surface area contributed by atoms with E-state index in [0.29, 0.717) is 35.8 Å². The molecule has 0 saturated heterocycles. The van der Waals surface area contributed by atoms with Crippen molar-refractivity contribution in [2.75, 3.05) is 33.9 Å². The van der Waals surface area contributed by atoms with Crippen molar-refractivity contribution in [1.29, 1.82) is 0 Å². The largest absolute Gasteiger partial charge is 0.497 e. The summed E-state index contributed by atoms with van der Waals surface area (Å²) in [7, 11) is 3.21. The number of aliphatic hydroxyl groups excluding tert-OH is 2. The Morgan fingerprint density at radius 2 is 1.88 bits per heavy atom. The fraction of sp³-hybridized carbons (Fsp3) is 0.484. The molecule has 0 aromatic heterocycles. The van der Waals surface area contributed by atoms with Crippen LogP contribution in [0.3, 0.4) is 0 Å². The maximum Gasteiger partial charge on any atom is 0.247 e. The Labute approximate surface area is 234 Å². The second-order valence-corrected chi connectivity index (χ2v) is 10.6. The van der Waals surface area contributed by atoms with E-state index in [-0.39, 0.29) is 30.9 Å². The molecule has 1 heterocycles. The van der Waals surface area contributed by atoms with Crippen molar-refractivity contribution in [3.63, 3.8) is 0 Å². The molecule has 1 aliphatic heterocycles. The van der Waals surface area contributed by atoms with Gasteiger partial charge in [-0.2, -0.15) is 0 Å². The lowest BCUT2D eigenvalue weighted by Crippen LogP contribution is -2.57. The van der Waals surface area contributed by atoms with Crippen LogP contribution >= 0.6 is 0 Å². The van der Waals surface area contributed by atoms with Crippen molar-refractivity contribution in [2.24, 2.45) is 5.92 Å². The monoisotopic (exact) mass is 550 g/mol. The van der Waals surface area contributed by atoms with Gasteiger partial charge in [0.1, 0.15) is 29.5 Å². The zero-order valence-corrected chi connectivity index (χ0v) is 23.0. The Bertz CT molecular complexity index is 1260. The summed E-state index contributed by atoms with van der Waals surface area (Å²) in [4.78, 5) is 29.1. The molecule has 214 valence electrons. The second kappa shape index (κ2) is 12.3. The number of ether oxygens (including phenoxy) is 3. The summed E-state index contributed by atoms with van der Waals surface area (Å²) in [6.07, 6.45) is 4.03. The quantitative estimate of drug-likeness (QED) is 0.416. The molecule has 2 aromatic rings. The van der Waals surface area contributed by atoms with Crippen molar-refractivity contribution < 1.29 is 34.0 Å². The molecular formula is C31H38N2O7. The van der Waals surface area contributed by atoms with Gasteiger partial charge in [0.2, 0.25) is 11.8 Å². The second-order valence-electron chi connectivity index (χ2n) is 10.6. The number of benzene rings is 2. The highest BCUT2D eigenvalue weighted by Crippen LogP contribution is 2.47. The topological polar surface area (TPSA) is 118 Å². The van der Waals surface area contributed by atoms with Gasteiger partial charge in [0.05, 0.1) is 32.8 Å². The van der Waals surface area contributed by atoms with Gasteiger partial charge in [-0.15, -0.1) is 0 Å². The van der Waals surface area contributed by atoms with Gasteiger partial charge in [-0.25, -0.2) is 0 Å². The van der Waals surface area contributed by atoms with E-state index < -0.39 is 24.2 Å². The number of nitrogens with zero attached hydrogens (tertiary/aromatic N) is 1. The molecule has 2 amide bonds. The van der Waals surface area contributed by atoms with Gasteiger partial charge < -0.3 is 34.6 Å². The lowest BCUT2D eigenvalue weighted by atomic mass is 9.77. The number of hydrogen-bond acceptors (Lipinski definition) is 7. The van der Waals surface area contributed by atoms with Crippen LogP contribution in [0.4, 0.5) is 0 Å². The van der Waals surface area contributed by atoms with Crippen LogP contribution in [0, 0.1) is 5.92 Å². The fourth-order valence-electron chi connectivity index (χ4n) is 6.32. The van der Waals surface area contributed by atoms with E-state index in [2.05, 4.69) is 5.32 Å². The number of rotatable bonds is 10. The minimum Gasteiger partial charge on any atom is -0.497 e. The van der Waals surface area contributed by atoms with Crippen molar-refractivity contribution in [2.45, 2.75) is 56.3 Å². The summed E-state index contributed by atoms with van der Waals surface area (Å²) in [6, 6.07) is 12.2. The van der Waals surface area contributed by atoms with Crippen LogP contribution in [-0.2, 0) is 16.0 Å². The van der Waals surface area contributed by atoms with E-state index in [9.17, 15) is 19.8 Å². The molecule has 0 spiro atoms. The van der Waals surface area contributed by atoms with Gasteiger partial charge in [-0.1, -0.05) is 31.0 Å². The molecular weight excluding hydrogens is 512 g/mol. The first-order valence-electron chi connectivity index (χ1n) is 14.0. The first-order valence-corrected chi connectivity index (χ1v) is 14.0. The Hall–Kier alpha value is -3.56. The number of carbonyl (C=O) groups is 2. The summed E-state index contributed by atoms with van der Waals surface area (Å²) in [5, 5.41) is 23.8. The van der Waals surface area contributed by atoms with E-state index in [0.717, 1.165) is 36.8 Å². The molecule has 4 unspecified atom stereocenters. The van der Waals surface area contributed by atoms with Crippen LogP contribution in [-0.4, -0.2) is 79.1 Å². The molecule has 5 rings (SSSR count). The molecule has 3 aliphatic rings. The standard InChI is InChI=1S/C31H38N2O7/c1-38-21-11-12-25(39-2)20(17-21)13-15-33(31(37)19-7-3-4-8-19)24-18-23(30(36)32-14-16-34)27-22-9-5-6-10-26(22)40-29(27)28(24)35/h5-6,9-12,17-19,24,27-29,34-35H,3-4,7-8,13-16H2,1-2H3,(H,32,36). The molecule has 3 N–H and O–H groups in total. The number of methoxy groups -OCH3 is 2. The maximum absolute atomic E-state index is 14.0. The Morgan fingerprint density at radius 3 is 2.60 bits per heavy atom. The third-order valence-electron chi connectivity index (χ3n) is 8.33. The van der Waals surface area contributed by atoms with Crippen molar-refractivity contribution in [3.8, 4) is 17.2 Å². The molecule has 4 atom stereocenters. The number of carbonyl (C=O) groups excluding carboxylic acids is 2. The van der Waals surface area contributed by atoms with Crippen LogP contribution < -0.4 is 19.5 Å². The van der Waals surface area contributed by atoms with Gasteiger partial charge >= 0.3 is 0 Å². The highest BCUT2D eigenvalue weighted by atomic mass is 16.5. The summed E-state index contributed by atoms with van der Waals surface area (Å²) in [5.74, 6) is 1.01. The van der Waals surface area contributed by atoms with E-state index in [1.165, 1.54) is 0 Å². The van der Waals surface area contributed by atoms with Gasteiger partial charge in [0, 0.05) is 30.1 Å². The van der Waals surface area contributed by atoms with E-state index in [1.54, 1.807) is 25.2 Å². The predicted molar refractivity (Wildman–Crippen MR) is 148 cm³/mol. The molecule has 1 fully saturated rings. The SMILES string of the molecule is COc1ccc(OC)c(CCN(C(=O)C2CCCC2)C2C=C(C(=O)NCCO)C3c4ccccc4OC3C2O)c1. The Morgan fingerprint density at radius 1 is 1.10 bits per heavy atom. The molecule has 1 saturated carbocycles. The minimum atomic E-state index is -1.05. The fourth-order valence-corrected chi connectivity index (χ4v) is 6.32. The van der Waals surface area contributed by atoms with E-state index in [4.69, 9.17) is 14.2 Å². The normalized spacial score (nSPS) is 23.4. The minimum absolute atomic E-state index is 0.0243. The Kier molecular flexibility index (Phi) is 8.61. The molecule has 2 aromatic carbocycles. The average molecular weight is 551 g/mol. The van der Waals surface area contributed by atoms with Crippen molar-refractivity contribution >= 4 is 11.8 Å². The predicted octanol–water partition coefficient (Wildman–Crippen LogP) is 2.59. The van der Waals surface area contributed by atoms with Crippen molar-refractivity contribution in [1.82, 2.24) is 10.2 Å². The number of fused-ring (bicyclic) bond motifs is 3. The van der Waals surface area contributed by atoms with Crippen LogP contribution in [0.2, 0.25) is 0 Å². The summed E-state index contributed by atoms with van der Waals surface area (Å²) in [6.45, 7) is 0.220. The van der Waals surface area contributed by atoms with Gasteiger partial charge in [0.15, 0.2) is 0 Å². The van der Waals surface area contributed by atoms with Gasteiger partial charge in [-0.05, 0) is 55.2 Å². The van der Waals surface area contributed by atoms with E-state index >= 15 is 0 Å². The number of hydrogen-bond donors (Lipinski definition) is 3. The summed E-state index contributed by atoms with van der Waals surface area (Å²) < 4.78 is 17.2. The van der Waals surface area contributed by atoms with Crippen LogP contribution in [0.25, 0.3) is 0 Å². The maximum atomic E-state index is 14.0. The van der Waals surface area contributed by atoms with Crippen LogP contribution in [0.15, 0.2) is 54.1 Å². The molecule has 9 heteroatoms. The number of nitrogens with one attached hydrogen (secondary N) is 1. The highest BCUT2D eigenvalue weighted by Gasteiger charge is 2.50. The van der Waals surface area contributed by atoms with Crippen molar-refractivity contribution in [3.05, 3.63) is 65.2 Å². The van der Waals surface area contributed by atoms with Crippen LogP contribution in [0.5, 0.6) is 17.2 Å². The summed E-state index contributed by atoms with van der Waals surface area (Å²) in [5.41, 5.74) is 2.13. The molecule has 9 nitrogen and oxygen atoms in total. The number of aliphatic hydroxyl groups is 2. The number of para-hydroxylation sites is 1. The van der Waals surface area contributed by atoms with Gasteiger partial charge in [-0.3, -0.25) is 9.59 Å². The third-order valence-corrected chi connectivity index (χ3v) is 8.33.